The smallest absolute Gasteiger partial charge is 0.165 e. The van der Waals surface area contributed by atoms with E-state index in [0.717, 1.165) is 4.47 Å². The number of nitrogens with zero attached hydrogens (tertiary/aromatic N) is 1. The molecule has 0 saturated heterocycles. The van der Waals surface area contributed by atoms with E-state index < -0.39 is 5.82 Å². The highest BCUT2D eigenvalue weighted by atomic mass is 79.9. The van der Waals surface area contributed by atoms with E-state index >= 15 is 0 Å². The van der Waals surface area contributed by atoms with Crippen molar-refractivity contribution in [3.8, 4) is 11.8 Å². The Bertz CT molecular complexity index is 652. The van der Waals surface area contributed by atoms with Gasteiger partial charge in [0, 0.05) is 11.0 Å². The molecule has 3 nitrogen and oxygen atoms in total. The average molecular weight is 321 g/mol. The SMILES string of the molecule is N#Cc1cc(Br)ccc1NCc1ccc(O)c(F)c1. The Morgan fingerprint density at radius 3 is 2.74 bits per heavy atom. The molecule has 0 aliphatic carbocycles. The van der Waals surface area contributed by atoms with Gasteiger partial charge < -0.3 is 10.4 Å². The summed E-state index contributed by atoms with van der Waals surface area (Å²) >= 11 is 3.29. The molecule has 0 aliphatic heterocycles. The van der Waals surface area contributed by atoms with Gasteiger partial charge in [-0.05, 0) is 35.9 Å². The highest BCUT2D eigenvalue weighted by molar-refractivity contribution is 9.10. The fourth-order valence-electron chi connectivity index (χ4n) is 1.62. The van der Waals surface area contributed by atoms with Gasteiger partial charge in [-0.3, -0.25) is 0 Å². The van der Waals surface area contributed by atoms with Crippen LogP contribution in [-0.2, 0) is 6.54 Å². The quantitative estimate of drug-likeness (QED) is 0.904. The van der Waals surface area contributed by atoms with Crippen LogP contribution in [-0.4, -0.2) is 5.11 Å². The summed E-state index contributed by atoms with van der Waals surface area (Å²) < 4.78 is 14.0. The predicted molar refractivity (Wildman–Crippen MR) is 74.2 cm³/mol. The van der Waals surface area contributed by atoms with Crippen molar-refractivity contribution in [3.05, 3.63) is 57.8 Å². The molecule has 0 heterocycles. The second kappa shape index (κ2) is 5.72. The molecule has 0 amide bonds. The van der Waals surface area contributed by atoms with Crippen molar-refractivity contribution in [2.45, 2.75) is 6.54 Å². The Balaban J connectivity index is 2.14. The van der Waals surface area contributed by atoms with Gasteiger partial charge in [-0.25, -0.2) is 4.39 Å². The maximum absolute atomic E-state index is 13.2. The van der Waals surface area contributed by atoms with Crippen molar-refractivity contribution in [2.75, 3.05) is 5.32 Å². The zero-order chi connectivity index (χ0) is 13.8. The number of benzene rings is 2. The first-order chi connectivity index (χ1) is 9.10. The average Bonchev–Trinajstić information content (AvgIpc) is 2.41. The summed E-state index contributed by atoms with van der Waals surface area (Å²) in [7, 11) is 0. The van der Waals surface area contributed by atoms with Gasteiger partial charge in [0.05, 0.1) is 11.3 Å². The van der Waals surface area contributed by atoms with Gasteiger partial charge in [-0.2, -0.15) is 5.26 Å². The third-order valence-electron chi connectivity index (χ3n) is 2.60. The zero-order valence-electron chi connectivity index (χ0n) is 9.82. The summed E-state index contributed by atoms with van der Waals surface area (Å²) in [5.41, 5.74) is 1.87. The number of aromatic hydroxyl groups is 1. The Kier molecular flexibility index (Phi) is 4.03. The minimum absolute atomic E-state index is 0.369. The minimum atomic E-state index is -0.657. The van der Waals surface area contributed by atoms with E-state index in [0.29, 0.717) is 23.4 Å². The van der Waals surface area contributed by atoms with Gasteiger partial charge in [0.15, 0.2) is 11.6 Å². The first-order valence-electron chi connectivity index (χ1n) is 5.51. The predicted octanol–water partition coefficient (Wildman–Crippen LogP) is 3.78. The molecular formula is C14H10BrFN2O. The van der Waals surface area contributed by atoms with Gasteiger partial charge in [0.25, 0.3) is 0 Å². The second-order valence-corrected chi connectivity index (χ2v) is 4.86. The largest absolute Gasteiger partial charge is 0.505 e. The summed E-state index contributed by atoms with van der Waals surface area (Å²) in [6.07, 6.45) is 0. The fraction of sp³-hybridized carbons (Fsp3) is 0.0714. The number of phenolic OH excluding ortho intramolecular Hbond substituents is 1. The van der Waals surface area contributed by atoms with E-state index in [4.69, 9.17) is 10.4 Å². The van der Waals surface area contributed by atoms with Crippen molar-refractivity contribution in [3.63, 3.8) is 0 Å². The summed E-state index contributed by atoms with van der Waals surface area (Å²) in [5, 5.41) is 21.2. The van der Waals surface area contributed by atoms with Crippen molar-refractivity contribution in [2.24, 2.45) is 0 Å². The Morgan fingerprint density at radius 1 is 1.26 bits per heavy atom. The molecule has 0 saturated carbocycles. The summed E-state index contributed by atoms with van der Waals surface area (Å²) in [6.45, 7) is 0.369. The van der Waals surface area contributed by atoms with Crippen LogP contribution in [0.3, 0.4) is 0 Å². The summed E-state index contributed by atoms with van der Waals surface area (Å²) in [6, 6.07) is 11.6. The molecule has 0 atom stereocenters. The van der Waals surface area contributed by atoms with E-state index in [2.05, 4.69) is 27.3 Å². The first kappa shape index (κ1) is 13.4. The van der Waals surface area contributed by atoms with Gasteiger partial charge in [-0.1, -0.05) is 22.0 Å². The third-order valence-corrected chi connectivity index (χ3v) is 3.09. The van der Waals surface area contributed by atoms with E-state index in [1.807, 2.05) is 6.07 Å². The Labute approximate surface area is 118 Å². The Hall–Kier alpha value is -2.06. The maximum atomic E-state index is 13.2. The number of rotatable bonds is 3. The molecule has 2 aromatic carbocycles. The molecule has 2 N–H and O–H groups in total. The summed E-state index contributed by atoms with van der Waals surface area (Å²) in [4.78, 5) is 0. The lowest BCUT2D eigenvalue weighted by Gasteiger charge is -2.09. The lowest BCUT2D eigenvalue weighted by Crippen LogP contribution is -2.01. The first-order valence-corrected chi connectivity index (χ1v) is 6.30. The van der Waals surface area contributed by atoms with Crippen molar-refractivity contribution >= 4 is 21.6 Å². The number of hydrogen-bond acceptors (Lipinski definition) is 3. The van der Waals surface area contributed by atoms with Crippen LogP contribution in [0.1, 0.15) is 11.1 Å². The van der Waals surface area contributed by atoms with E-state index in [9.17, 15) is 4.39 Å². The number of nitriles is 1. The van der Waals surface area contributed by atoms with Gasteiger partial charge in [0.2, 0.25) is 0 Å². The van der Waals surface area contributed by atoms with Crippen LogP contribution >= 0.6 is 15.9 Å². The van der Waals surface area contributed by atoms with Crippen molar-refractivity contribution < 1.29 is 9.50 Å². The van der Waals surface area contributed by atoms with Crippen LogP contribution in [0, 0.1) is 17.1 Å². The van der Waals surface area contributed by atoms with Crippen LogP contribution in [0.15, 0.2) is 40.9 Å². The number of hydrogen-bond donors (Lipinski definition) is 2. The standard InChI is InChI=1S/C14H10BrFN2O/c15-11-2-3-13(10(6-11)7-17)18-8-9-1-4-14(19)12(16)5-9/h1-6,18-19H,8H2. The molecule has 0 bridgehead atoms. The molecule has 2 rings (SSSR count). The van der Waals surface area contributed by atoms with Crippen LogP contribution < -0.4 is 5.32 Å². The lowest BCUT2D eigenvalue weighted by atomic mass is 10.1. The van der Waals surface area contributed by atoms with E-state index in [-0.39, 0.29) is 5.75 Å². The van der Waals surface area contributed by atoms with Crippen LogP contribution in [0.4, 0.5) is 10.1 Å². The second-order valence-electron chi connectivity index (χ2n) is 3.94. The van der Waals surface area contributed by atoms with E-state index in [1.165, 1.54) is 12.1 Å². The molecule has 0 fully saturated rings. The Morgan fingerprint density at radius 2 is 2.05 bits per heavy atom. The third kappa shape index (κ3) is 3.24. The number of anilines is 1. The van der Waals surface area contributed by atoms with Gasteiger partial charge >= 0.3 is 0 Å². The molecular weight excluding hydrogens is 311 g/mol. The van der Waals surface area contributed by atoms with Crippen LogP contribution in [0.5, 0.6) is 5.75 Å². The van der Waals surface area contributed by atoms with Gasteiger partial charge in [-0.15, -0.1) is 0 Å². The molecule has 0 aromatic heterocycles. The number of halogens is 2. The molecule has 0 aliphatic rings. The maximum Gasteiger partial charge on any atom is 0.165 e. The minimum Gasteiger partial charge on any atom is -0.505 e. The van der Waals surface area contributed by atoms with Gasteiger partial charge in [0.1, 0.15) is 6.07 Å². The topological polar surface area (TPSA) is 56.0 Å². The summed E-state index contributed by atoms with van der Waals surface area (Å²) in [5.74, 6) is -1.03. The molecule has 0 radical (unpaired) electrons. The fourth-order valence-corrected chi connectivity index (χ4v) is 1.98. The normalized spacial score (nSPS) is 9.95. The number of nitrogens with one attached hydrogen (secondary N) is 1. The van der Waals surface area contributed by atoms with Crippen molar-refractivity contribution in [1.82, 2.24) is 0 Å². The molecule has 19 heavy (non-hydrogen) atoms. The van der Waals surface area contributed by atoms with E-state index in [1.54, 1.807) is 18.2 Å². The highest BCUT2D eigenvalue weighted by Gasteiger charge is 2.04. The molecule has 5 heteroatoms. The van der Waals surface area contributed by atoms with Crippen LogP contribution in [0.25, 0.3) is 0 Å². The van der Waals surface area contributed by atoms with Crippen molar-refractivity contribution in [1.29, 1.82) is 5.26 Å². The molecule has 0 unspecified atom stereocenters. The van der Waals surface area contributed by atoms with Crippen LogP contribution in [0.2, 0.25) is 0 Å². The molecule has 2 aromatic rings. The lowest BCUT2D eigenvalue weighted by molar-refractivity contribution is 0.432. The molecule has 96 valence electrons. The molecule has 0 spiro atoms. The monoisotopic (exact) mass is 320 g/mol. The number of phenols is 1. The zero-order valence-corrected chi connectivity index (χ0v) is 11.4. The highest BCUT2D eigenvalue weighted by Crippen LogP contribution is 2.22.